The molecule has 1 aromatic heterocycles. The number of rotatable bonds is 6. The molecular formula is C39H41N5O7S. The van der Waals surface area contributed by atoms with E-state index in [1.54, 1.807) is 31.4 Å². The lowest BCUT2D eigenvalue weighted by Crippen LogP contribution is -2.55. The molecule has 2 aliphatic heterocycles. The summed E-state index contributed by atoms with van der Waals surface area (Å²) in [5.41, 5.74) is 1.36. The van der Waals surface area contributed by atoms with E-state index in [0.717, 1.165) is 23.8 Å². The van der Waals surface area contributed by atoms with Crippen molar-refractivity contribution in [1.29, 1.82) is 0 Å². The molecule has 3 aliphatic rings. The van der Waals surface area contributed by atoms with Crippen LogP contribution in [0.3, 0.4) is 0 Å². The lowest BCUT2D eigenvalue weighted by atomic mass is 10.0. The highest BCUT2D eigenvalue weighted by molar-refractivity contribution is 7.83. The Kier molecular flexibility index (Phi) is 9.96. The molecule has 0 radical (unpaired) electrons. The third-order valence-electron chi connectivity index (χ3n) is 10.2. The van der Waals surface area contributed by atoms with Crippen molar-refractivity contribution in [2.45, 2.75) is 74.4 Å². The van der Waals surface area contributed by atoms with Gasteiger partial charge in [0.05, 0.1) is 35.4 Å². The van der Waals surface area contributed by atoms with Crippen molar-refractivity contribution in [3.8, 4) is 22.8 Å². The molecule has 7 rings (SSSR count). The Labute approximate surface area is 304 Å². The normalized spacial score (nSPS) is 24.8. The van der Waals surface area contributed by atoms with E-state index >= 15 is 0 Å². The van der Waals surface area contributed by atoms with Gasteiger partial charge >= 0.3 is 0 Å². The molecule has 270 valence electrons. The Morgan fingerprint density at radius 1 is 1.00 bits per heavy atom. The highest BCUT2D eigenvalue weighted by Gasteiger charge is 2.61. The molecule has 0 spiro atoms. The van der Waals surface area contributed by atoms with E-state index in [4.69, 9.17) is 14.5 Å². The molecule has 1 aliphatic carbocycles. The van der Waals surface area contributed by atoms with E-state index in [-0.39, 0.29) is 35.6 Å². The van der Waals surface area contributed by atoms with Gasteiger partial charge in [0, 0.05) is 42.8 Å². The standard InChI is InChI=1S/C39H41N5O7S/c1-24(45)44-23-28(51-34-21-31(25-11-5-3-6-12-25)40-32-19-27(50-2)17-18-29(32)34)20-33(44)37(47)42-39-22-26(39)13-7-4-8-16-36(46)41-30-14-9-10-15-35(30)52(49)43-38(39)48/h3,5-6,9-12,14-15,17-19,21,26,28,33H,4,7-8,13,16,20,22-23H2,1-2H3,(H,41,46)(H,42,47)(H,43,48)/t26-,28+,33+,39+,52?/m1/s1. The van der Waals surface area contributed by atoms with Crippen molar-refractivity contribution in [2.24, 2.45) is 5.92 Å². The van der Waals surface area contributed by atoms with Crippen LogP contribution in [0.25, 0.3) is 22.2 Å². The van der Waals surface area contributed by atoms with E-state index < -0.39 is 40.5 Å². The molecule has 4 aromatic rings. The van der Waals surface area contributed by atoms with E-state index in [9.17, 15) is 23.4 Å². The number of likely N-dealkylation sites (tertiary alicyclic amines) is 1. The first-order valence-corrected chi connectivity index (χ1v) is 18.7. The SMILES string of the molecule is COc1ccc2c(O[C@H]3C[C@@H](C(=O)N[C@@]45C[C@H]4CCCCCC(=O)Nc4ccccc4S(=O)NC5=O)N(C(C)=O)C3)cc(-c3ccccc3)nc2c1. The summed E-state index contributed by atoms with van der Waals surface area (Å²) in [7, 11) is -0.410. The zero-order valence-electron chi connectivity index (χ0n) is 29.1. The van der Waals surface area contributed by atoms with Gasteiger partial charge in [0.2, 0.25) is 17.7 Å². The number of benzene rings is 3. The Balaban J connectivity index is 1.13. The smallest absolute Gasteiger partial charge is 0.257 e. The van der Waals surface area contributed by atoms with Crippen LogP contribution >= 0.6 is 0 Å². The quantitative estimate of drug-likeness (QED) is 0.254. The Hall–Kier alpha value is -5.30. The minimum atomic E-state index is -2.00. The summed E-state index contributed by atoms with van der Waals surface area (Å²) < 4.78 is 28.1. The van der Waals surface area contributed by atoms with Crippen LogP contribution in [0.2, 0.25) is 0 Å². The number of hydrogen-bond donors (Lipinski definition) is 3. The maximum Gasteiger partial charge on any atom is 0.257 e. The number of para-hydroxylation sites is 1. The van der Waals surface area contributed by atoms with Crippen molar-refractivity contribution in [3.63, 3.8) is 0 Å². The summed E-state index contributed by atoms with van der Waals surface area (Å²) in [5.74, 6) is -0.467. The number of carbonyl (C=O) groups excluding carboxylic acids is 4. The van der Waals surface area contributed by atoms with E-state index in [1.165, 1.54) is 11.8 Å². The van der Waals surface area contributed by atoms with Crippen LogP contribution in [-0.2, 0) is 30.2 Å². The molecular weight excluding hydrogens is 683 g/mol. The maximum absolute atomic E-state index is 14.1. The number of anilines is 1. The topological polar surface area (TPSA) is 156 Å². The van der Waals surface area contributed by atoms with Crippen LogP contribution in [0.4, 0.5) is 5.69 Å². The fourth-order valence-electron chi connectivity index (χ4n) is 7.31. The number of fused-ring (bicyclic) bond motifs is 3. The van der Waals surface area contributed by atoms with Gasteiger partial charge in [-0.05, 0) is 49.4 Å². The summed E-state index contributed by atoms with van der Waals surface area (Å²) in [6.07, 6.45) is 3.23. The minimum absolute atomic E-state index is 0.170. The largest absolute Gasteiger partial charge is 0.497 e. The number of amides is 4. The van der Waals surface area contributed by atoms with Crippen molar-refractivity contribution < 1.29 is 32.9 Å². The summed E-state index contributed by atoms with van der Waals surface area (Å²) >= 11 is 0. The summed E-state index contributed by atoms with van der Waals surface area (Å²) in [4.78, 5) is 60.1. The Morgan fingerprint density at radius 2 is 1.79 bits per heavy atom. The van der Waals surface area contributed by atoms with Gasteiger partial charge in [0.25, 0.3) is 5.91 Å². The van der Waals surface area contributed by atoms with E-state index in [1.807, 2.05) is 54.6 Å². The number of ether oxygens (including phenoxy) is 2. The predicted molar refractivity (Wildman–Crippen MR) is 196 cm³/mol. The average molecular weight is 724 g/mol. The molecule has 5 atom stereocenters. The third kappa shape index (κ3) is 7.22. The van der Waals surface area contributed by atoms with Crippen molar-refractivity contribution in [3.05, 3.63) is 78.9 Å². The molecule has 4 amide bonds. The van der Waals surface area contributed by atoms with Gasteiger partial charge in [-0.25, -0.2) is 9.19 Å². The van der Waals surface area contributed by atoms with Gasteiger partial charge in [-0.1, -0.05) is 55.3 Å². The average Bonchev–Trinajstić information content (AvgIpc) is 3.67. The minimum Gasteiger partial charge on any atom is -0.497 e. The molecule has 12 nitrogen and oxygen atoms in total. The highest BCUT2D eigenvalue weighted by atomic mass is 32.2. The summed E-state index contributed by atoms with van der Waals surface area (Å²) in [5, 5.41) is 6.58. The molecule has 1 saturated carbocycles. The molecule has 13 heteroatoms. The summed E-state index contributed by atoms with van der Waals surface area (Å²) in [6.45, 7) is 1.58. The lowest BCUT2D eigenvalue weighted by Gasteiger charge is -2.26. The number of methoxy groups -OCH3 is 1. The molecule has 3 N–H and O–H groups in total. The van der Waals surface area contributed by atoms with Gasteiger partial charge in [-0.15, -0.1) is 0 Å². The second-order valence-corrected chi connectivity index (χ2v) is 14.8. The third-order valence-corrected chi connectivity index (χ3v) is 11.3. The van der Waals surface area contributed by atoms with Gasteiger partial charge < -0.3 is 25.0 Å². The monoisotopic (exact) mass is 723 g/mol. The van der Waals surface area contributed by atoms with Crippen LogP contribution < -0.4 is 24.8 Å². The van der Waals surface area contributed by atoms with Gasteiger partial charge in [0.15, 0.2) is 11.0 Å². The molecule has 1 unspecified atom stereocenters. The van der Waals surface area contributed by atoms with Crippen LogP contribution in [0.5, 0.6) is 11.5 Å². The maximum atomic E-state index is 14.1. The van der Waals surface area contributed by atoms with Crippen LogP contribution in [-0.4, -0.2) is 69.1 Å². The molecule has 3 heterocycles. The van der Waals surface area contributed by atoms with Gasteiger partial charge in [-0.2, -0.15) is 0 Å². The van der Waals surface area contributed by atoms with Gasteiger partial charge in [-0.3, -0.25) is 23.9 Å². The zero-order valence-corrected chi connectivity index (χ0v) is 29.9. The second kappa shape index (κ2) is 14.7. The first-order valence-electron chi connectivity index (χ1n) is 17.6. The lowest BCUT2D eigenvalue weighted by molar-refractivity contribution is -0.138. The second-order valence-electron chi connectivity index (χ2n) is 13.6. The number of nitrogens with one attached hydrogen (secondary N) is 3. The summed E-state index contributed by atoms with van der Waals surface area (Å²) in [6, 6.07) is 22.9. The zero-order chi connectivity index (χ0) is 36.4. The molecule has 1 saturated heterocycles. The first kappa shape index (κ1) is 35.1. The Morgan fingerprint density at radius 3 is 2.58 bits per heavy atom. The van der Waals surface area contributed by atoms with Crippen LogP contribution in [0, 0.1) is 5.92 Å². The number of carbonyl (C=O) groups is 4. The fraction of sp³-hybridized carbons (Fsp3) is 0.359. The molecule has 3 aromatic carbocycles. The molecule has 0 bridgehead atoms. The van der Waals surface area contributed by atoms with Crippen molar-refractivity contribution in [1.82, 2.24) is 19.9 Å². The fourth-order valence-corrected chi connectivity index (χ4v) is 8.29. The van der Waals surface area contributed by atoms with Crippen LogP contribution in [0.1, 0.15) is 51.9 Å². The molecule has 2 fully saturated rings. The number of aromatic nitrogens is 1. The Bertz CT molecular complexity index is 2060. The van der Waals surface area contributed by atoms with Gasteiger partial charge in [0.1, 0.15) is 29.2 Å². The van der Waals surface area contributed by atoms with E-state index in [2.05, 4.69) is 15.4 Å². The highest BCUT2D eigenvalue weighted by Crippen LogP contribution is 2.48. The van der Waals surface area contributed by atoms with E-state index in [0.29, 0.717) is 54.1 Å². The molecule has 52 heavy (non-hydrogen) atoms. The van der Waals surface area contributed by atoms with Crippen molar-refractivity contribution >= 4 is 51.2 Å². The number of pyridine rings is 1. The predicted octanol–water partition coefficient (Wildman–Crippen LogP) is 4.90. The van der Waals surface area contributed by atoms with Crippen molar-refractivity contribution in [2.75, 3.05) is 19.0 Å². The number of nitrogens with zero attached hydrogens (tertiary/aromatic N) is 2. The first-order chi connectivity index (χ1) is 25.1. The number of hydrogen-bond acceptors (Lipinski definition) is 8. The van der Waals surface area contributed by atoms with Crippen LogP contribution in [0.15, 0.2) is 83.8 Å².